The van der Waals surface area contributed by atoms with Crippen LogP contribution in [0.2, 0.25) is 0 Å². The van der Waals surface area contributed by atoms with E-state index in [1.165, 1.54) is 7.06 Å². The van der Waals surface area contributed by atoms with Gasteiger partial charge in [0.25, 0.3) is 0 Å². The van der Waals surface area contributed by atoms with Crippen molar-refractivity contribution in [3.05, 3.63) is 0 Å². The molecule has 0 fully saturated rings. The normalized spacial score (nSPS) is 9.11. The highest BCUT2D eigenvalue weighted by Crippen LogP contribution is 2.10. The van der Waals surface area contributed by atoms with Gasteiger partial charge in [-0.25, -0.2) is 0 Å². The van der Waals surface area contributed by atoms with Crippen LogP contribution in [0.4, 0.5) is 0 Å². The van der Waals surface area contributed by atoms with Crippen molar-refractivity contribution < 1.29 is 0 Å². The highest BCUT2D eigenvalue weighted by atomic mass is 127. The Balaban J connectivity index is 5.26. The summed E-state index contributed by atoms with van der Waals surface area (Å²) in [5.41, 5.74) is 0. The molecule has 0 spiro atoms. The zero-order valence-corrected chi connectivity index (χ0v) is 12.9. The van der Waals surface area contributed by atoms with Gasteiger partial charge in [-0.2, -0.15) is 22.4 Å². The monoisotopic (exact) mass is 325 g/mol. The van der Waals surface area contributed by atoms with E-state index in [9.17, 15) is 0 Å². The highest BCUT2D eigenvalue weighted by molar-refractivity contribution is 14.1. The Labute approximate surface area is 147 Å². The predicted octanol–water partition coefficient (Wildman–Crippen LogP) is -5.97. The molecule has 0 bridgehead atoms. The van der Waals surface area contributed by atoms with Gasteiger partial charge in [-0.1, -0.05) is 0 Å². The average molecular weight is 322 g/mol. The molecule has 0 aliphatic carbocycles. The van der Waals surface area contributed by atoms with Gasteiger partial charge in [-0.05, 0) is 0 Å². The van der Waals surface area contributed by atoms with Crippen LogP contribution in [0.1, 0.15) is 0 Å². The zero-order valence-electron chi connectivity index (χ0n) is 10.8. The van der Waals surface area contributed by atoms with Gasteiger partial charge in [0, 0.05) is 121 Å². The maximum atomic E-state index is 5.81. The fourth-order valence-electron chi connectivity index (χ4n) is 2.13. The summed E-state index contributed by atoms with van der Waals surface area (Å²) in [5.74, 6) is 0. The van der Waals surface area contributed by atoms with Crippen molar-refractivity contribution in [1.82, 2.24) is 0 Å². The first kappa shape index (κ1) is 20.9. The number of rotatable bonds is 8. The third-order valence-corrected chi connectivity index (χ3v) is 4.84. The van der Waals surface area contributed by atoms with Crippen molar-refractivity contribution in [2.24, 2.45) is 0 Å². The van der Waals surface area contributed by atoms with Crippen LogP contribution < -0.4 is 0 Å². The molecule has 0 aromatic carbocycles. The van der Waals surface area contributed by atoms with Crippen LogP contribution in [-0.2, 0) is 0 Å². The second-order valence-electron chi connectivity index (χ2n) is 4.68. The summed E-state index contributed by atoms with van der Waals surface area (Å²) in [4.78, 5) is 0. The average Bonchev–Trinajstić information content (AvgIpc) is 2.22. The quantitative estimate of drug-likeness (QED) is 0.309. The molecule has 0 saturated carbocycles. The van der Waals surface area contributed by atoms with Gasteiger partial charge in [-0.3, -0.25) is 0 Å². The van der Waals surface area contributed by atoms with Gasteiger partial charge in [-0.15, -0.1) is 0 Å². The second-order valence-corrected chi connectivity index (χ2v) is 6.12. The lowest BCUT2D eigenvalue weighted by Crippen LogP contribution is -2.75. The maximum absolute atomic E-state index is 5.81. The lowest BCUT2D eigenvalue weighted by Gasteiger charge is -2.37. The number of hydrogen-bond donors (Lipinski definition) is 0. The minimum Gasteiger partial charge on any atom is -0.173 e. The predicted molar refractivity (Wildman–Crippen MR) is 118 cm³/mol. The molecule has 0 atom stereocenters. The molecule has 0 aromatic heterocycles. The third-order valence-electron chi connectivity index (χ3n) is 3.18. The molecular weight excluding hydrogens is 322 g/mol. The lowest BCUT2D eigenvalue weighted by atomic mass is 8.48. The van der Waals surface area contributed by atoms with Gasteiger partial charge < -0.3 is 0 Å². The van der Waals surface area contributed by atoms with E-state index in [-0.39, 0.29) is 10.7 Å². The SMILES string of the molecule is [B][B]B(B([B])[B])B(B([B])[B])B(I)B(B([B])[B])B([B])[B]. The first-order valence-electron chi connectivity index (χ1n) is 5.88. The largest absolute Gasteiger partial charge is 0.173 e. The molecule has 0 saturated heterocycles. The van der Waals surface area contributed by atoms with E-state index in [1.54, 1.807) is 0 Å². The fourth-order valence-corrected chi connectivity index (χ4v) is 4.05. The van der Waals surface area contributed by atoms with Crippen molar-refractivity contribution in [3.8, 4) is 0 Å². The summed E-state index contributed by atoms with van der Waals surface area (Å²) < 4.78 is -0.225. The van der Waals surface area contributed by atoms with E-state index in [0.29, 0.717) is 0 Å². The summed E-state index contributed by atoms with van der Waals surface area (Å²) in [6.45, 7) is 0. The summed E-state index contributed by atoms with van der Waals surface area (Å²) in [6, 6.07) is 0. The fraction of sp³-hybridized carbons (Fsp3) is 0. The zero-order chi connectivity index (χ0) is 15.3. The molecule has 0 aromatic rings. The first-order valence-corrected chi connectivity index (χ1v) is 7.13. The molecule has 0 nitrogen and oxygen atoms in total. The van der Waals surface area contributed by atoms with E-state index < -0.39 is 38.3 Å². The summed E-state index contributed by atoms with van der Waals surface area (Å²) in [6.07, 6.45) is -3.99. The lowest BCUT2D eigenvalue weighted by molar-refractivity contribution is 3.41. The number of hydrogen-bond acceptors (Lipinski definition) is 0. The van der Waals surface area contributed by atoms with Crippen molar-refractivity contribution in [2.75, 3.05) is 0 Å². The Hall–Kier alpha value is 1.90. The standard InChI is InChI=1S/B18I/c1-10-15(11(2)3)17(14(8)9)18(19)16(12(4)5)13(6)7. The van der Waals surface area contributed by atoms with Crippen molar-refractivity contribution in [1.29, 1.82) is 0 Å². The first-order chi connectivity index (χ1) is 8.64. The van der Waals surface area contributed by atoms with Crippen molar-refractivity contribution >= 4 is 148 Å². The summed E-state index contributed by atoms with van der Waals surface area (Å²) >= 11 is 2.12. The third kappa shape index (κ3) is 6.27. The smallest absolute Gasteiger partial charge is 0.120 e. The van der Waals surface area contributed by atoms with Crippen molar-refractivity contribution in [3.63, 3.8) is 0 Å². The Morgan fingerprint density at radius 2 is 1.00 bits per heavy atom. The number of halogens is 1. The molecule has 0 aliphatic heterocycles. The molecule has 0 amide bonds. The van der Waals surface area contributed by atoms with Crippen LogP contribution in [0.3, 0.4) is 0 Å². The topological polar surface area (TPSA) is 0 Å². The van der Waals surface area contributed by atoms with Crippen LogP contribution in [0.5, 0.6) is 0 Å². The van der Waals surface area contributed by atoms with E-state index in [0.717, 1.165) is 0 Å². The van der Waals surface area contributed by atoms with Crippen molar-refractivity contribution in [2.45, 2.75) is 0 Å². The van der Waals surface area contributed by atoms with Crippen LogP contribution >= 0.6 is 22.4 Å². The molecular formula is B18I. The Kier molecular flexibility index (Phi) is 10.8. The van der Waals surface area contributed by atoms with Gasteiger partial charge in [0.1, 0.15) is 4.35 Å². The van der Waals surface area contributed by atoms with Crippen LogP contribution in [-0.4, -0.2) is 126 Å². The molecule has 0 N–H and O–H groups in total. The second kappa shape index (κ2) is 9.82. The van der Waals surface area contributed by atoms with E-state index in [2.05, 4.69) is 22.4 Å². The van der Waals surface area contributed by atoms with E-state index in [1.807, 2.05) is 0 Å². The van der Waals surface area contributed by atoms with Crippen LogP contribution in [0.15, 0.2) is 0 Å². The Bertz CT molecular complexity index is 222. The minimum atomic E-state index is -0.712. The van der Waals surface area contributed by atoms with Crippen LogP contribution in [0, 0.1) is 0 Å². The van der Waals surface area contributed by atoms with Gasteiger partial charge >= 0.3 is 0 Å². The molecule has 0 heterocycles. The van der Waals surface area contributed by atoms with Crippen LogP contribution in [0.25, 0.3) is 0 Å². The molecule has 19 radical (unpaired) electrons. The molecule has 0 rings (SSSR count). The van der Waals surface area contributed by atoms with Gasteiger partial charge in [0.05, 0.1) is 0 Å². The summed E-state index contributed by atoms with van der Waals surface area (Å²) in [5, 5.41) is 0. The van der Waals surface area contributed by atoms with Gasteiger partial charge in [0.2, 0.25) is 0 Å². The van der Waals surface area contributed by atoms with E-state index >= 15 is 0 Å². The van der Waals surface area contributed by atoms with Gasteiger partial charge in [0.15, 0.2) is 0 Å². The Morgan fingerprint density at radius 1 is 0.632 bits per heavy atom. The summed E-state index contributed by atoms with van der Waals surface area (Å²) in [7, 11) is 52.9. The molecule has 61 valence electrons. The molecule has 0 aliphatic rings. The Morgan fingerprint density at radius 3 is 1.21 bits per heavy atom. The molecule has 19 heavy (non-hydrogen) atoms. The highest BCUT2D eigenvalue weighted by Gasteiger charge is 2.42. The van der Waals surface area contributed by atoms with E-state index in [4.69, 9.17) is 69.6 Å². The maximum Gasteiger partial charge on any atom is 0.120 e. The molecule has 0 unspecified atom stereocenters. The minimum absolute atomic E-state index is 0.225. The molecule has 19 heteroatoms.